The molecule has 2 aromatic carbocycles. The molecule has 10 heteroatoms. The van der Waals surface area contributed by atoms with Crippen molar-refractivity contribution in [3.63, 3.8) is 0 Å². The Kier molecular flexibility index (Phi) is 7.62. The van der Waals surface area contributed by atoms with Crippen molar-refractivity contribution in [2.75, 3.05) is 41.2 Å². The maximum atomic E-state index is 13.0. The summed E-state index contributed by atoms with van der Waals surface area (Å²) < 4.78 is 34.0. The first kappa shape index (κ1) is 23.7. The summed E-state index contributed by atoms with van der Waals surface area (Å²) in [5.41, 5.74) is 1.62. The molecule has 1 aliphatic heterocycles. The third kappa shape index (κ3) is 6.31. The second-order valence-corrected chi connectivity index (χ2v) is 10.4. The molecule has 2 amide bonds. The molecule has 1 heterocycles. The summed E-state index contributed by atoms with van der Waals surface area (Å²) in [7, 11) is -3.87. The van der Waals surface area contributed by atoms with Crippen molar-refractivity contribution in [1.29, 1.82) is 0 Å². The number of halogens is 1. The molecule has 33 heavy (non-hydrogen) atoms. The number of anilines is 3. The topological polar surface area (TPSA) is 99.8 Å². The first-order chi connectivity index (χ1) is 15.9. The molecular formula is C23H29ClN4O4S. The molecular weight excluding hydrogens is 464 g/mol. The van der Waals surface area contributed by atoms with Gasteiger partial charge in [0.05, 0.1) is 29.5 Å². The number of rotatable bonds is 6. The molecule has 4 rings (SSSR count). The minimum Gasteiger partial charge on any atom is -0.378 e. The number of urea groups is 1. The lowest BCUT2D eigenvalue weighted by atomic mass is 9.96. The third-order valence-corrected chi connectivity index (χ3v) is 7.55. The van der Waals surface area contributed by atoms with E-state index >= 15 is 0 Å². The largest absolute Gasteiger partial charge is 0.378 e. The van der Waals surface area contributed by atoms with Gasteiger partial charge in [-0.3, -0.25) is 4.72 Å². The fourth-order valence-electron chi connectivity index (χ4n) is 4.19. The molecule has 0 atom stereocenters. The maximum Gasteiger partial charge on any atom is 0.319 e. The van der Waals surface area contributed by atoms with Gasteiger partial charge >= 0.3 is 6.03 Å². The standard InChI is InChI=1S/C23H29ClN4O4S/c24-17-6-8-19(9-7-17)27-33(30,31)20-10-11-22(28-12-14-32-15-13-28)21(16-20)26-23(29)25-18-4-2-1-3-5-18/h6-11,16,18,27H,1-5,12-15H2,(H2,25,26,29). The Bertz CT molecular complexity index is 1070. The number of sulfonamides is 1. The molecule has 1 aliphatic carbocycles. The normalized spacial score (nSPS) is 17.4. The van der Waals surface area contributed by atoms with Crippen LogP contribution < -0.4 is 20.3 Å². The van der Waals surface area contributed by atoms with Gasteiger partial charge in [0.1, 0.15) is 0 Å². The third-order valence-electron chi connectivity index (χ3n) is 5.92. The zero-order valence-corrected chi connectivity index (χ0v) is 19.9. The number of morpholine rings is 1. The summed E-state index contributed by atoms with van der Waals surface area (Å²) in [6, 6.07) is 11.0. The van der Waals surface area contributed by atoms with Gasteiger partial charge in [0.25, 0.3) is 10.0 Å². The van der Waals surface area contributed by atoms with E-state index in [4.69, 9.17) is 16.3 Å². The molecule has 1 saturated heterocycles. The summed E-state index contributed by atoms with van der Waals surface area (Å²) in [6.45, 7) is 2.47. The Morgan fingerprint density at radius 2 is 1.70 bits per heavy atom. The van der Waals surface area contributed by atoms with Crippen molar-refractivity contribution >= 4 is 44.7 Å². The first-order valence-electron chi connectivity index (χ1n) is 11.2. The molecule has 2 aromatic rings. The van der Waals surface area contributed by atoms with Crippen LogP contribution in [0, 0.1) is 0 Å². The molecule has 2 fully saturated rings. The second-order valence-electron chi connectivity index (χ2n) is 8.32. The highest BCUT2D eigenvalue weighted by Crippen LogP contribution is 2.31. The smallest absolute Gasteiger partial charge is 0.319 e. The van der Waals surface area contributed by atoms with E-state index in [1.54, 1.807) is 36.4 Å². The van der Waals surface area contributed by atoms with Crippen molar-refractivity contribution in [3.8, 4) is 0 Å². The second kappa shape index (κ2) is 10.6. The van der Waals surface area contributed by atoms with Crippen molar-refractivity contribution in [3.05, 3.63) is 47.5 Å². The quantitative estimate of drug-likeness (QED) is 0.554. The highest BCUT2D eigenvalue weighted by Gasteiger charge is 2.22. The van der Waals surface area contributed by atoms with Crippen LogP contribution in [-0.2, 0) is 14.8 Å². The zero-order chi connectivity index (χ0) is 23.3. The number of nitrogens with zero attached hydrogens (tertiary/aromatic N) is 1. The van der Waals surface area contributed by atoms with E-state index in [2.05, 4.69) is 20.3 Å². The number of benzene rings is 2. The summed E-state index contributed by atoms with van der Waals surface area (Å²) >= 11 is 5.89. The maximum absolute atomic E-state index is 13.0. The van der Waals surface area contributed by atoms with Gasteiger partial charge < -0.3 is 20.3 Å². The fraction of sp³-hybridized carbons (Fsp3) is 0.435. The molecule has 1 saturated carbocycles. The van der Waals surface area contributed by atoms with E-state index in [1.807, 2.05) is 0 Å². The minimum atomic E-state index is -3.87. The highest BCUT2D eigenvalue weighted by molar-refractivity contribution is 7.92. The number of ether oxygens (including phenoxy) is 1. The monoisotopic (exact) mass is 492 g/mol. The van der Waals surface area contributed by atoms with Crippen LogP contribution in [0.5, 0.6) is 0 Å². The van der Waals surface area contributed by atoms with Crippen LogP contribution in [-0.4, -0.2) is 46.8 Å². The lowest BCUT2D eigenvalue weighted by molar-refractivity contribution is 0.123. The Labute approximate surface area is 199 Å². The lowest BCUT2D eigenvalue weighted by Crippen LogP contribution is -2.40. The SMILES string of the molecule is O=C(Nc1cc(S(=O)(=O)Nc2ccc(Cl)cc2)ccc1N1CCOCC1)NC1CCCCC1. The van der Waals surface area contributed by atoms with Gasteiger partial charge in [-0.05, 0) is 55.3 Å². The Balaban J connectivity index is 1.57. The Morgan fingerprint density at radius 1 is 1.00 bits per heavy atom. The van der Waals surface area contributed by atoms with E-state index in [9.17, 15) is 13.2 Å². The molecule has 0 bridgehead atoms. The van der Waals surface area contributed by atoms with Crippen molar-refractivity contribution in [2.24, 2.45) is 0 Å². The minimum absolute atomic E-state index is 0.0578. The summed E-state index contributed by atoms with van der Waals surface area (Å²) in [5.74, 6) is 0. The Hall–Kier alpha value is -2.49. The predicted octanol–water partition coefficient (Wildman–Crippen LogP) is 4.43. The average Bonchev–Trinajstić information content (AvgIpc) is 2.81. The van der Waals surface area contributed by atoms with E-state index in [1.165, 1.54) is 12.5 Å². The predicted molar refractivity (Wildman–Crippen MR) is 131 cm³/mol. The van der Waals surface area contributed by atoms with Gasteiger partial charge in [0.2, 0.25) is 0 Å². The fourth-order valence-corrected chi connectivity index (χ4v) is 5.40. The van der Waals surface area contributed by atoms with E-state index < -0.39 is 10.0 Å². The number of carbonyl (C=O) groups excluding carboxylic acids is 1. The van der Waals surface area contributed by atoms with Crippen LogP contribution in [0.2, 0.25) is 5.02 Å². The lowest BCUT2D eigenvalue weighted by Gasteiger charge is -2.31. The van der Waals surface area contributed by atoms with Crippen molar-refractivity contribution in [2.45, 2.75) is 43.0 Å². The van der Waals surface area contributed by atoms with Crippen LogP contribution in [0.25, 0.3) is 0 Å². The van der Waals surface area contributed by atoms with Gasteiger partial charge in [-0.15, -0.1) is 0 Å². The summed E-state index contributed by atoms with van der Waals surface area (Å²) in [6.07, 6.45) is 5.33. The average molecular weight is 493 g/mol. The highest BCUT2D eigenvalue weighted by atomic mass is 35.5. The molecule has 0 radical (unpaired) electrons. The van der Waals surface area contributed by atoms with E-state index in [0.717, 1.165) is 31.4 Å². The van der Waals surface area contributed by atoms with Crippen molar-refractivity contribution in [1.82, 2.24) is 5.32 Å². The summed E-state index contributed by atoms with van der Waals surface area (Å²) in [5, 5.41) is 6.44. The van der Waals surface area contributed by atoms with Crippen LogP contribution in [0.4, 0.5) is 21.9 Å². The molecule has 8 nitrogen and oxygen atoms in total. The van der Waals surface area contributed by atoms with Crippen LogP contribution in [0.1, 0.15) is 32.1 Å². The number of hydrogen-bond donors (Lipinski definition) is 3. The number of nitrogens with one attached hydrogen (secondary N) is 3. The van der Waals surface area contributed by atoms with Gasteiger partial charge in [0.15, 0.2) is 0 Å². The number of carbonyl (C=O) groups is 1. The molecule has 178 valence electrons. The van der Waals surface area contributed by atoms with Gasteiger partial charge in [0, 0.05) is 29.8 Å². The van der Waals surface area contributed by atoms with E-state index in [-0.39, 0.29) is 17.0 Å². The molecule has 0 aromatic heterocycles. The van der Waals surface area contributed by atoms with E-state index in [0.29, 0.717) is 42.7 Å². The van der Waals surface area contributed by atoms with Crippen LogP contribution in [0.3, 0.4) is 0 Å². The van der Waals surface area contributed by atoms with Crippen LogP contribution in [0.15, 0.2) is 47.4 Å². The number of hydrogen-bond acceptors (Lipinski definition) is 5. The molecule has 0 unspecified atom stereocenters. The van der Waals surface area contributed by atoms with Crippen LogP contribution >= 0.6 is 11.6 Å². The molecule has 0 spiro atoms. The first-order valence-corrected chi connectivity index (χ1v) is 13.1. The Morgan fingerprint density at radius 3 is 2.39 bits per heavy atom. The summed E-state index contributed by atoms with van der Waals surface area (Å²) in [4.78, 5) is 14.9. The van der Waals surface area contributed by atoms with Gasteiger partial charge in [-0.2, -0.15) is 0 Å². The van der Waals surface area contributed by atoms with Gasteiger partial charge in [-0.1, -0.05) is 30.9 Å². The molecule has 3 N–H and O–H groups in total. The zero-order valence-electron chi connectivity index (χ0n) is 18.3. The van der Waals surface area contributed by atoms with Gasteiger partial charge in [-0.25, -0.2) is 13.2 Å². The molecule has 2 aliphatic rings. The number of amides is 2. The van der Waals surface area contributed by atoms with Crippen molar-refractivity contribution < 1.29 is 17.9 Å².